The quantitative estimate of drug-likeness (QED) is 0.853. The highest BCUT2D eigenvalue weighted by atomic mass is 35.5. The molecule has 2 aliphatic rings. The van der Waals surface area contributed by atoms with Gasteiger partial charge >= 0.3 is 0 Å². The van der Waals surface area contributed by atoms with E-state index in [1.54, 1.807) is 6.20 Å². The lowest BCUT2D eigenvalue weighted by Crippen LogP contribution is -2.52. The van der Waals surface area contributed by atoms with Crippen molar-refractivity contribution in [3.8, 4) is 0 Å². The average Bonchev–Trinajstić information content (AvgIpc) is 2.50. The van der Waals surface area contributed by atoms with Crippen molar-refractivity contribution in [3.05, 3.63) is 29.0 Å². The summed E-state index contributed by atoms with van der Waals surface area (Å²) in [4.78, 5) is 9.44. The first-order valence-electron chi connectivity index (χ1n) is 8.24. The standard InChI is InChI=1S/C17H26ClN3/c1-2-20-9-3-6-17(13-20)7-4-10-21(14-17)12-15-11-19-8-5-16(15)18/h5,8,11H,2-4,6-7,9-10,12-14H2,1H3/t17-/m1/s1. The minimum absolute atomic E-state index is 0.515. The second kappa shape index (κ2) is 6.64. The molecule has 3 rings (SSSR count). The average molecular weight is 308 g/mol. The van der Waals surface area contributed by atoms with Crippen LogP contribution in [-0.4, -0.2) is 47.5 Å². The summed E-state index contributed by atoms with van der Waals surface area (Å²) in [6, 6.07) is 1.90. The van der Waals surface area contributed by atoms with Crippen LogP contribution in [-0.2, 0) is 6.54 Å². The Labute approximate surface area is 133 Å². The zero-order valence-electron chi connectivity index (χ0n) is 13.0. The molecule has 21 heavy (non-hydrogen) atoms. The van der Waals surface area contributed by atoms with E-state index in [9.17, 15) is 0 Å². The molecule has 0 unspecified atom stereocenters. The van der Waals surface area contributed by atoms with Gasteiger partial charge in [-0.15, -0.1) is 0 Å². The summed E-state index contributed by atoms with van der Waals surface area (Å²) in [6.45, 7) is 9.40. The van der Waals surface area contributed by atoms with E-state index in [2.05, 4.69) is 21.7 Å². The number of hydrogen-bond acceptors (Lipinski definition) is 3. The fourth-order valence-corrected chi connectivity index (χ4v) is 4.29. The zero-order valence-corrected chi connectivity index (χ0v) is 13.8. The van der Waals surface area contributed by atoms with Crippen LogP contribution in [0.3, 0.4) is 0 Å². The highest BCUT2D eigenvalue weighted by Gasteiger charge is 2.38. The molecule has 2 aliphatic heterocycles. The lowest BCUT2D eigenvalue weighted by molar-refractivity contribution is 0.0125. The van der Waals surface area contributed by atoms with Crippen LogP contribution in [0.1, 0.15) is 38.2 Å². The van der Waals surface area contributed by atoms with Crippen molar-refractivity contribution in [2.24, 2.45) is 5.41 Å². The fourth-order valence-electron chi connectivity index (χ4n) is 4.13. The van der Waals surface area contributed by atoms with Gasteiger partial charge in [-0.3, -0.25) is 9.88 Å². The smallest absolute Gasteiger partial charge is 0.0481 e. The predicted octanol–water partition coefficient (Wildman–Crippen LogP) is 3.43. The van der Waals surface area contributed by atoms with Crippen molar-refractivity contribution in [1.82, 2.24) is 14.8 Å². The third kappa shape index (κ3) is 3.58. The minimum atomic E-state index is 0.515. The molecule has 0 aliphatic carbocycles. The first-order valence-corrected chi connectivity index (χ1v) is 8.62. The van der Waals surface area contributed by atoms with Gasteiger partial charge < -0.3 is 4.90 Å². The summed E-state index contributed by atoms with van der Waals surface area (Å²) >= 11 is 6.29. The van der Waals surface area contributed by atoms with Gasteiger partial charge in [-0.1, -0.05) is 18.5 Å². The summed E-state index contributed by atoms with van der Waals surface area (Å²) < 4.78 is 0. The second-order valence-corrected chi connectivity index (χ2v) is 7.16. The Morgan fingerprint density at radius 1 is 1.19 bits per heavy atom. The molecule has 0 amide bonds. The molecule has 3 nitrogen and oxygen atoms in total. The Kier molecular flexibility index (Phi) is 4.82. The third-order valence-electron chi connectivity index (χ3n) is 5.17. The van der Waals surface area contributed by atoms with E-state index in [0.717, 1.165) is 11.6 Å². The van der Waals surface area contributed by atoms with Crippen molar-refractivity contribution < 1.29 is 0 Å². The number of halogens is 1. The van der Waals surface area contributed by atoms with E-state index in [0.29, 0.717) is 5.41 Å². The highest BCUT2D eigenvalue weighted by molar-refractivity contribution is 6.31. The Hall–Kier alpha value is -0.640. The Balaban J connectivity index is 1.67. The number of aromatic nitrogens is 1. The van der Waals surface area contributed by atoms with Gasteiger partial charge in [0.15, 0.2) is 0 Å². The molecule has 2 saturated heterocycles. The molecule has 0 bridgehead atoms. The molecule has 2 fully saturated rings. The number of piperidine rings is 2. The van der Waals surface area contributed by atoms with Gasteiger partial charge in [0, 0.05) is 42.6 Å². The van der Waals surface area contributed by atoms with Crippen LogP contribution in [0.4, 0.5) is 0 Å². The normalized spacial score (nSPS) is 28.1. The van der Waals surface area contributed by atoms with Crippen LogP contribution < -0.4 is 0 Å². The molecule has 0 aromatic carbocycles. The molecule has 1 atom stereocenters. The molecule has 0 saturated carbocycles. The maximum Gasteiger partial charge on any atom is 0.0481 e. The first-order chi connectivity index (χ1) is 10.2. The lowest BCUT2D eigenvalue weighted by atomic mass is 9.73. The SMILES string of the molecule is CCN1CCC[C@@]2(CCCN(Cc3cnccc3Cl)C2)C1. The maximum atomic E-state index is 6.29. The van der Waals surface area contributed by atoms with E-state index < -0.39 is 0 Å². The van der Waals surface area contributed by atoms with E-state index in [-0.39, 0.29) is 0 Å². The fraction of sp³-hybridized carbons (Fsp3) is 0.706. The zero-order chi connectivity index (χ0) is 14.7. The summed E-state index contributed by atoms with van der Waals surface area (Å²) in [5.74, 6) is 0. The van der Waals surface area contributed by atoms with Gasteiger partial charge in [0.05, 0.1) is 0 Å². The summed E-state index contributed by atoms with van der Waals surface area (Å²) in [7, 11) is 0. The molecule has 3 heterocycles. The number of rotatable bonds is 3. The van der Waals surface area contributed by atoms with Gasteiger partial charge in [0.2, 0.25) is 0 Å². The molecular formula is C17H26ClN3. The Morgan fingerprint density at radius 3 is 2.62 bits per heavy atom. The summed E-state index contributed by atoms with van der Waals surface area (Å²) in [5, 5.41) is 0.850. The Morgan fingerprint density at radius 2 is 1.90 bits per heavy atom. The van der Waals surface area contributed by atoms with Crippen LogP contribution in [0.15, 0.2) is 18.5 Å². The van der Waals surface area contributed by atoms with Crippen LogP contribution in [0.25, 0.3) is 0 Å². The van der Waals surface area contributed by atoms with E-state index in [1.165, 1.54) is 64.0 Å². The van der Waals surface area contributed by atoms with E-state index in [1.807, 2.05) is 12.3 Å². The molecule has 1 aromatic rings. The monoisotopic (exact) mass is 307 g/mol. The molecule has 1 spiro atoms. The van der Waals surface area contributed by atoms with Crippen LogP contribution >= 0.6 is 11.6 Å². The Bertz CT molecular complexity index is 475. The van der Waals surface area contributed by atoms with Crippen LogP contribution in [0, 0.1) is 5.41 Å². The molecule has 0 N–H and O–H groups in total. The first kappa shape index (κ1) is 15.3. The molecule has 0 radical (unpaired) electrons. The third-order valence-corrected chi connectivity index (χ3v) is 5.53. The number of nitrogens with zero attached hydrogens (tertiary/aromatic N) is 3. The molecule has 116 valence electrons. The van der Waals surface area contributed by atoms with Crippen molar-refractivity contribution in [1.29, 1.82) is 0 Å². The topological polar surface area (TPSA) is 19.4 Å². The van der Waals surface area contributed by atoms with Gasteiger partial charge in [-0.05, 0) is 56.8 Å². The van der Waals surface area contributed by atoms with Gasteiger partial charge in [0.25, 0.3) is 0 Å². The van der Waals surface area contributed by atoms with Crippen molar-refractivity contribution >= 4 is 11.6 Å². The number of likely N-dealkylation sites (tertiary alicyclic amines) is 2. The van der Waals surface area contributed by atoms with Crippen LogP contribution in [0.2, 0.25) is 5.02 Å². The summed E-state index contributed by atoms with van der Waals surface area (Å²) in [5.41, 5.74) is 1.68. The van der Waals surface area contributed by atoms with Crippen molar-refractivity contribution in [2.75, 3.05) is 32.7 Å². The van der Waals surface area contributed by atoms with Gasteiger partial charge in [0.1, 0.15) is 0 Å². The van der Waals surface area contributed by atoms with Gasteiger partial charge in [-0.25, -0.2) is 0 Å². The largest absolute Gasteiger partial charge is 0.303 e. The lowest BCUT2D eigenvalue weighted by Gasteiger charge is -2.48. The number of pyridine rings is 1. The highest BCUT2D eigenvalue weighted by Crippen LogP contribution is 2.38. The second-order valence-electron chi connectivity index (χ2n) is 6.75. The minimum Gasteiger partial charge on any atom is -0.303 e. The molecular weight excluding hydrogens is 282 g/mol. The van der Waals surface area contributed by atoms with E-state index >= 15 is 0 Å². The van der Waals surface area contributed by atoms with Crippen molar-refractivity contribution in [3.63, 3.8) is 0 Å². The summed E-state index contributed by atoms with van der Waals surface area (Å²) in [6.07, 6.45) is 9.14. The number of hydrogen-bond donors (Lipinski definition) is 0. The maximum absolute atomic E-state index is 6.29. The molecule has 1 aromatic heterocycles. The van der Waals surface area contributed by atoms with Crippen molar-refractivity contribution in [2.45, 2.75) is 39.2 Å². The van der Waals surface area contributed by atoms with E-state index in [4.69, 9.17) is 11.6 Å². The van der Waals surface area contributed by atoms with Crippen LogP contribution in [0.5, 0.6) is 0 Å². The predicted molar refractivity (Wildman–Crippen MR) is 87.5 cm³/mol. The molecule has 4 heteroatoms. The van der Waals surface area contributed by atoms with Gasteiger partial charge in [-0.2, -0.15) is 0 Å².